The van der Waals surface area contributed by atoms with E-state index >= 15 is 0 Å². The van der Waals surface area contributed by atoms with Crippen LogP contribution in [0.5, 0.6) is 0 Å². The lowest BCUT2D eigenvalue weighted by Crippen LogP contribution is -2.18. The Morgan fingerprint density at radius 2 is 2.11 bits per heavy atom. The highest BCUT2D eigenvalue weighted by atomic mass is 32.2. The predicted molar refractivity (Wildman–Crippen MR) is 43.8 cm³/mol. The maximum absolute atomic E-state index is 11.1. The molecular weight excluding hydrogens is 134 g/mol. The van der Waals surface area contributed by atoms with Crippen molar-refractivity contribution in [3.63, 3.8) is 0 Å². The zero-order chi connectivity index (χ0) is 7.33. The highest BCUT2D eigenvalue weighted by Crippen LogP contribution is 1.85. The van der Waals surface area contributed by atoms with E-state index in [2.05, 4.69) is 0 Å². The minimum Gasteiger partial charge on any atom is -0.259 e. The van der Waals surface area contributed by atoms with Crippen LogP contribution in [0, 0.1) is 0 Å². The minimum absolute atomic E-state index is 0.626. The molecule has 0 aromatic heterocycles. The normalized spacial score (nSPS) is 16.8. The molecule has 0 rings (SSSR count). The summed E-state index contributed by atoms with van der Waals surface area (Å²) < 4.78 is 11.1. The molecule has 0 spiro atoms. The zero-order valence-corrected chi connectivity index (χ0v) is 6.91. The van der Waals surface area contributed by atoms with Gasteiger partial charge in [0.25, 0.3) is 0 Å². The molecule has 9 heavy (non-hydrogen) atoms. The molecule has 0 aliphatic heterocycles. The maximum Gasteiger partial charge on any atom is 0.0287 e. The Morgan fingerprint density at radius 3 is 2.44 bits per heavy atom. The molecule has 56 valence electrons. The average Bonchev–Trinajstić information content (AvgIpc) is 1.64. The van der Waals surface area contributed by atoms with Gasteiger partial charge >= 0.3 is 0 Å². The minimum atomic E-state index is -2.06. The quantitative estimate of drug-likeness (QED) is 0.592. The molecule has 1 unspecified atom stereocenters. The second kappa shape index (κ2) is 3.90. The van der Waals surface area contributed by atoms with Crippen LogP contribution in [0.25, 0.3) is 0 Å². The van der Waals surface area contributed by atoms with E-state index < -0.39 is 9.71 Å². The van der Waals surface area contributed by atoms with E-state index in [-0.39, 0.29) is 0 Å². The number of hydrogen-bond donors (Lipinski definition) is 1. The summed E-state index contributed by atoms with van der Waals surface area (Å²) in [4.78, 5) is 0. The molecule has 0 bridgehead atoms. The van der Waals surface area contributed by atoms with E-state index in [0.717, 1.165) is 12.8 Å². The molecule has 0 amide bonds. The van der Waals surface area contributed by atoms with Gasteiger partial charge in [-0.25, -0.2) is 0 Å². The van der Waals surface area contributed by atoms with Gasteiger partial charge in [0.1, 0.15) is 0 Å². The molecule has 0 fully saturated rings. The van der Waals surface area contributed by atoms with Crippen LogP contribution in [0.1, 0.15) is 26.7 Å². The Hall–Kier alpha value is -0.0200. The number of nitrogens with two attached hydrogens (primary N) is 1. The highest BCUT2D eigenvalue weighted by molar-refractivity contribution is 7.99. The molecular formula is C6H15NOS. The smallest absolute Gasteiger partial charge is 0.0287 e. The summed E-state index contributed by atoms with van der Waals surface area (Å²) >= 11 is 0. The first kappa shape index (κ1) is 8.98. The molecule has 0 aromatic rings. The molecule has 0 saturated carbocycles. The first-order chi connectivity index (χ1) is 4.12. The fourth-order valence-corrected chi connectivity index (χ4v) is 2.05. The molecule has 0 radical (unpaired) electrons. The SMILES string of the molecule is CCC=S(N)(=O)CCC. The van der Waals surface area contributed by atoms with Crippen molar-refractivity contribution >= 4 is 15.1 Å². The van der Waals surface area contributed by atoms with Crippen LogP contribution in [0.15, 0.2) is 0 Å². The van der Waals surface area contributed by atoms with E-state index in [9.17, 15) is 4.21 Å². The van der Waals surface area contributed by atoms with E-state index in [4.69, 9.17) is 5.14 Å². The van der Waals surface area contributed by atoms with Gasteiger partial charge in [-0.15, -0.1) is 0 Å². The van der Waals surface area contributed by atoms with Crippen molar-refractivity contribution < 1.29 is 4.21 Å². The van der Waals surface area contributed by atoms with Gasteiger partial charge in [0.2, 0.25) is 0 Å². The standard InChI is InChI=1S/C6H15NOS/c1-3-5-9(7,8)6-4-2/h5H,3-4,6H2,1-2H3,(H2,7,8). The Morgan fingerprint density at radius 1 is 1.56 bits per heavy atom. The van der Waals surface area contributed by atoms with Crippen LogP contribution in [0.3, 0.4) is 0 Å². The number of hydrogen-bond acceptors (Lipinski definition) is 1. The van der Waals surface area contributed by atoms with Crippen molar-refractivity contribution in [2.75, 3.05) is 5.75 Å². The van der Waals surface area contributed by atoms with Gasteiger partial charge < -0.3 is 0 Å². The van der Waals surface area contributed by atoms with Crippen molar-refractivity contribution in [3.05, 3.63) is 0 Å². The molecule has 0 aliphatic carbocycles. The Balaban J connectivity index is 4.02. The van der Waals surface area contributed by atoms with Gasteiger partial charge in [0, 0.05) is 15.5 Å². The van der Waals surface area contributed by atoms with Gasteiger partial charge in [0.05, 0.1) is 0 Å². The van der Waals surface area contributed by atoms with Crippen molar-refractivity contribution in [1.82, 2.24) is 0 Å². The number of rotatable bonds is 3. The van der Waals surface area contributed by atoms with Crippen LogP contribution in [0.2, 0.25) is 0 Å². The largest absolute Gasteiger partial charge is 0.259 e. The van der Waals surface area contributed by atoms with E-state index in [0.29, 0.717) is 5.75 Å². The summed E-state index contributed by atoms with van der Waals surface area (Å²) in [5, 5.41) is 7.11. The fourth-order valence-electron chi connectivity index (χ4n) is 0.684. The third-order valence-corrected chi connectivity index (χ3v) is 2.92. The average molecular weight is 149 g/mol. The van der Waals surface area contributed by atoms with Crippen LogP contribution in [-0.4, -0.2) is 15.3 Å². The molecule has 3 heteroatoms. The van der Waals surface area contributed by atoms with Crippen LogP contribution < -0.4 is 5.14 Å². The molecule has 0 saturated heterocycles. The van der Waals surface area contributed by atoms with Gasteiger partial charge in [-0.3, -0.25) is 9.35 Å². The molecule has 2 N–H and O–H groups in total. The van der Waals surface area contributed by atoms with E-state index in [1.807, 2.05) is 13.8 Å². The lowest BCUT2D eigenvalue weighted by molar-refractivity contribution is 0.680. The third-order valence-electron chi connectivity index (χ3n) is 0.972. The molecule has 0 aromatic carbocycles. The Labute approximate surface area is 57.6 Å². The second-order valence-corrected chi connectivity index (χ2v) is 4.36. The van der Waals surface area contributed by atoms with Crippen molar-refractivity contribution in [2.45, 2.75) is 26.7 Å². The topological polar surface area (TPSA) is 43.1 Å². The Bertz CT molecular complexity index is 168. The van der Waals surface area contributed by atoms with Gasteiger partial charge in [-0.2, -0.15) is 0 Å². The van der Waals surface area contributed by atoms with Crippen LogP contribution in [0.4, 0.5) is 0 Å². The summed E-state index contributed by atoms with van der Waals surface area (Å²) in [5.41, 5.74) is 0. The second-order valence-electron chi connectivity index (χ2n) is 2.06. The molecule has 2 nitrogen and oxygen atoms in total. The monoisotopic (exact) mass is 149 g/mol. The zero-order valence-electron chi connectivity index (χ0n) is 6.09. The summed E-state index contributed by atoms with van der Waals surface area (Å²) in [6.07, 6.45) is 1.70. The molecule has 0 heterocycles. The van der Waals surface area contributed by atoms with Crippen LogP contribution in [-0.2, 0) is 9.71 Å². The predicted octanol–water partition coefficient (Wildman–Crippen LogP) is 0.767. The first-order valence-corrected chi connectivity index (χ1v) is 5.10. The highest BCUT2D eigenvalue weighted by Gasteiger charge is 1.93. The van der Waals surface area contributed by atoms with E-state index in [1.165, 1.54) is 0 Å². The maximum atomic E-state index is 11.1. The van der Waals surface area contributed by atoms with Gasteiger partial charge in [-0.05, 0) is 18.2 Å². The summed E-state index contributed by atoms with van der Waals surface area (Å²) in [6, 6.07) is 0. The van der Waals surface area contributed by atoms with Crippen molar-refractivity contribution in [2.24, 2.45) is 5.14 Å². The molecule has 1 atom stereocenters. The first-order valence-electron chi connectivity index (χ1n) is 3.25. The van der Waals surface area contributed by atoms with Crippen molar-refractivity contribution in [1.29, 1.82) is 0 Å². The Kier molecular flexibility index (Phi) is 3.89. The summed E-state index contributed by atoms with van der Waals surface area (Å²) in [7, 11) is -2.06. The van der Waals surface area contributed by atoms with Gasteiger partial charge in [-0.1, -0.05) is 13.8 Å². The summed E-state index contributed by atoms with van der Waals surface area (Å²) in [6.45, 7) is 3.93. The van der Waals surface area contributed by atoms with E-state index in [1.54, 1.807) is 5.37 Å². The third kappa shape index (κ3) is 4.48. The van der Waals surface area contributed by atoms with Crippen molar-refractivity contribution in [3.8, 4) is 0 Å². The van der Waals surface area contributed by atoms with Gasteiger partial charge in [0.15, 0.2) is 0 Å². The fraction of sp³-hybridized carbons (Fsp3) is 0.833. The van der Waals surface area contributed by atoms with Crippen LogP contribution >= 0.6 is 0 Å². The summed E-state index contributed by atoms with van der Waals surface area (Å²) in [5.74, 6) is 0.626. The lowest BCUT2D eigenvalue weighted by Gasteiger charge is -1.99. The molecule has 0 aliphatic rings. The lowest BCUT2D eigenvalue weighted by atomic mass is 10.6.